The zero-order valence-corrected chi connectivity index (χ0v) is 13.2. The number of benzene rings is 4. The Hall–Kier alpha value is -2.80. The Labute approximate surface area is 136 Å². The van der Waals surface area contributed by atoms with Crippen molar-refractivity contribution in [3.05, 3.63) is 90.5 Å². The van der Waals surface area contributed by atoms with Crippen LogP contribution < -0.4 is 4.90 Å². The number of fused-ring (bicyclic) bond motifs is 2. The molecule has 0 heterocycles. The average Bonchev–Trinajstić information content (AvgIpc) is 2.61. The van der Waals surface area contributed by atoms with Gasteiger partial charge in [-0.2, -0.15) is 0 Å². The van der Waals surface area contributed by atoms with Gasteiger partial charge in [0, 0.05) is 19.3 Å². The Morgan fingerprint density at radius 1 is 0.652 bits per heavy atom. The molecule has 23 heavy (non-hydrogen) atoms. The highest BCUT2D eigenvalue weighted by Gasteiger charge is 2.06. The van der Waals surface area contributed by atoms with E-state index in [1.165, 1.54) is 32.8 Å². The molecule has 0 atom stereocenters. The van der Waals surface area contributed by atoms with Crippen LogP contribution in [0.2, 0.25) is 0 Å². The molecule has 0 saturated heterocycles. The predicted octanol–water partition coefficient (Wildman–Crippen LogP) is 5.63. The minimum Gasteiger partial charge on any atom is -0.370 e. The van der Waals surface area contributed by atoms with Crippen molar-refractivity contribution < 1.29 is 0 Å². The van der Waals surface area contributed by atoms with Crippen molar-refractivity contribution >= 4 is 27.2 Å². The van der Waals surface area contributed by atoms with E-state index in [2.05, 4.69) is 96.9 Å². The first-order chi connectivity index (χ1) is 11.3. The maximum atomic E-state index is 2.31. The SMILES string of the molecule is CN(Cc1cccc2ccccc12)c1ccc2ccccc2c1. The minimum atomic E-state index is 0.902. The summed E-state index contributed by atoms with van der Waals surface area (Å²) in [4.78, 5) is 2.31. The molecule has 1 nitrogen and oxygen atoms in total. The average molecular weight is 297 g/mol. The summed E-state index contributed by atoms with van der Waals surface area (Å²) in [6, 6.07) is 30.3. The first-order valence-corrected chi connectivity index (χ1v) is 7.98. The molecular formula is C22H19N. The number of rotatable bonds is 3. The lowest BCUT2D eigenvalue weighted by atomic mass is 10.0. The van der Waals surface area contributed by atoms with Crippen LogP contribution in [0.15, 0.2) is 84.9 Å². The number of anilines is 1. The Morgan fingerprint density at radius 3 is 2.22 bits per heavy atom. The van der Waals surface area contributed by atoms with Crippen molar-refractivity contribution in [1.82, 2.24) is 0 Å². The molecule has 0 N–H and O–H groups in total. The molecule has 112 valence electrons. The molecule has 0 unspecified atom stereocenters. The number of hydrogen-bond acceptors (Lipinski definition) is 1. The quantitative estimate of drug-likeness (QED) is 0.474. The fourth-order valence-electron chi connectivity index (χ4n) is 3.19. The van der Waals surface area contributed by atoms with Crippen molar-refractivity contribution in [3.8, 4) is 0 Å². The van der Waals surface area contributed by atoms with Crippen LogP contribution in [0.3, 0.4) is 0 Å². The van der Waals surface area contributed by atoms with Gasteiger partial charge in [-0.05, 0) is 39.2 Å². The second kappa shape index (κ2) is 5.77. The Bertz CT molecular complexity index is 966. The summed E-state index contributed by atoms with van der Waals surface area (Å²) in [6.45, 7) is 0.902. The molecule has 0 aliphatic heterocycles. The molecule has 0 saturated carbocycles. The van der Waals surface area contributed by atoms with Crippen LogP contribution in [0.4, 0.5) is 5.69 Å². The Kier molecular flexibility index (Phi) is 3.47. The molecule has 0 fully saturated rings. The normalized spacial score (nSPS) is 11.0. The fraction of sp³-hybridized carbons (Fsp3) is 0.0909. The molecule has 0 radical (unpaired) electrons. The van der Waals surface area contributed by atoms with Crippen LogP contribution in [-0.2, 0) is 6.54 Å². The zero-order valence-electron chi connectivity index (χ0n) is 13.2. The van der Waals surface area contributed by atoms with E-state index >= 15 is 0 Å². The van der Waals surface area contributed by atoms with Gasteiger partial charge in [0.1, 0.15) is 0 Å². The number of nitrogens with zero attached hydrogens (tertiary/aromatic N) is 1. The molecule has 4 aromatic carbocycles. The van der Waals surface area contributed by atoms with E-state index in [0.29, 0.717) is 0 Å². The van der Waals surface area contributed by atoms with Crippen LogP contribution in [0.1, 0.15) is 5.56 Å². The molecule has 0 bridgehead atoms. The van der Waals surface area contributed by atoms with Gasteiger partial charge in [0.2, 0.25) is 0 Å². The van der Waals surface area contributed by atoms with Crippen LogP contribution >= 0.6 is 0 Å². The standard InChI is InChI=1S/C22H19N/c1-23(21-14-13-17-7-2-3-9-19(17)15-21)16-20-11-6-10-18-8-4-5-12-22(18)20/h2-15H,16H2,1H3. The van der Waals surface area contributed by atoms with Crippen molar-refractivity contribution in [2.24, 2.45) is 0 Å². The smallest absolute Gasteiger partial charge is 0.0432 e. The third-order valence-corrected chi connectivity index (χ3v) is 4.46. The van der Waals surface area contributed by atoms with Crippen LogP contribution in [-0.4, -0.2) is 7.05 Å². The van der Waals surface area contributed by atoms with Crippen molar-refractivity contribution in [2.75, 3.05) is 11.9 Å². The van der Waals surface area contributed by atoms with E-state index in [1.54, 1.807) is 0 Å². The summed E-state index contributed by atoms with van der Waals surface area (Å²) in [7, 11) is 2.16. The van der Waals surface area contributed by atoms with Crippen LogP contribution in [0.5, 0.6) is 0 Å². The molecule has 0 aliphatic carbocycles. The third-order valence-electron chi connectivity index (χ3n) is 4.46. The molecule has 0 aliphatic rings. The monoisotopic (exact) mass is 297 g/mol. The third kappa shape index (κ3) is 2.66. The highest BCUT2D eigenvalue weighted by Crippen LogP contribution is 2.25. The van der Waals surface area contributed by atoms with E-state index in [1.807, 2.05) is 0 Å². The fourth-order valence-corrected chi connectivity index (χ4v) is 3.19. The highest BCUT2D eigenvalue weighted by atomic mass is 15.1. The topological polar surface area (TPSA) is 3.24 Å². The van der Waals surface area contributed by atoms with Crippen molar-refractivity contribution in [3.63, 3.8) is 0 Å². The van der Waals surface area contributed by atoms with Crippen molar-refractivity contribution in [2.45, 2.75) is 6.54 Å². The van der Waals surface area contributed by atoms with E-state index in [4.69, 9.17) is 0 Å². The first kappa shape index (κ1) is 13.8. The molecule has 4 rings (SSSR count). The second-order valence-electron chi connectivity index (χ2n) is 6.03. The number of hydrogen-bond donors (Lipinski definition) is 0. The van der Waals surface area contributed by atoms with Gasteiger partial charge in [-0.1, -0.05) is 72.8 Å². The molecule has 4 aromatic rings. The van der Waals surface area contributed by atoms with Gasteiger partial charge >= 0.3 is 0 Å². The van der Waals surface area contributed by atoms with Crippen LogP contribution in [0.25, 0.3) is 21.5 Å². The maximum Gasteiger partial charge on any atom is 0.0432 e. The minimum absolute atomic E-state index is 0.902. The Morgan fingerprint density at radius 2 is 1.35 bits per heavy atom. The van der Waals surface area contributed by atoms with Gasteiger partial charge < -0.3 is 4.90 Å². The van der Waals surface area contributed by atoms with Gasteiger partial charge in [-0.15, -0.1) is 0 Å². The summed E-state index contributed by atoms with van der Waals surface area (Å²) in [6.07, 6.45) is 0. The lowest BCUT2D eigenvalue weighted by molar-refractivity contribution is 0.932. The lowest BCUT2D eigenvalue weighted by Crippen LogP contribution is -2.16. The zero-order chi connectivity index (χ0) is 15.6. The lowest BCUT2D eigenvalue weighted by Gasteiger charge is -2.21. The molecule has 0 spiro atoms. The molecular weight excluding hydrogens is 278 g/mol. The van der Waals surface area contributed by atoms with Gasteiger partial charge in [0.15, 0.2) is 0 Å². The van der Waals surface area contributed by atoms with E-state index in [9.17, 15) is 0 Å². The summed E-state index contributed by atoms with van der Waals surface area (Å²) in [5.74, 6) is 0. The Balaban J connectivity index is 1.69. The van der Waals surface area contributed by atoms with Crippen molar-refractivity contribution in [1.29, 1.82) is 0 Å². The molecule has 1 heteroatoms. The highest BCUT2D eigenvalue weighted by molar-refractivity contribution is 5.87. The largest absolute Gasteiger partial charge is 0.370 e. The summed E-state index contributed by atoms with van der Waals surface area (Å²) in [5.41, 5.74) is 2.61. The van der Waals surface area contributed by atoms with E-state index in [0.717, 1.165) is 6.54 Å². The first-order valence-electron chi connectivity index (χ1n) is 7.98. The van der Waals surface area contributed by atoms with Gasteiger partial charge in [0.25, 0.3) is 0 Å². The predicted molar refractivity (Wildman–Crippen MR) is 100 cm³/mol. The van der Waals surface area contributed by atoms with E-state index in [-0.39, 0.29) is 0 Å². The second-order valence-corrected chi connectivity index (χ2v) is 6.03. The maximum absolute atomic E-state index is 2.31. The van der Waals surface area contributed by atoms with Gasteiger partial charge in [-0.3, -0.25) is 0 Å². The summed E-state index contributed by atoms with van der Waals surface area (Å²) in [5, 5.41) is 5.21. The molecule has 0 aromatic heterocycles. The van der Waals surface area contributed by atoms with Gasteiger partial charge in [-0.25, -0.2) is 0 Å². The summed E-state index contributed by atoms with van der Waals surface area (Å²) >= 11 is 0. The molecule has 0 amide bonds. The van der Waals surface area contributed by atoms with E-state index < -0.39 is 0 Å². The van der Waals surface area contributed by atoms with Gasteiger partial charge in [0.05, 0.1) is 0 Å². The summed E-state index contributed by atoms with van der Waals surface area (Å²) < 4.78 is 0. The van der Waals surface area contributed by atoms with Crippen LogP contribution in [0, 0.1) is 0 Å².